The average Bonchev–Trinajstić information content (AvgIpc) is 1.96. The molecule has 0 unspecified atom stereocenters. The molecule has 0 aliphatic heterocycles. The second-order valence-corrected chi connectivity index (χ2v) is 3.49. The quantitative estimate of drug-likeness (QED) is 0.522. The van der Waals surface area contributed by atoms with Crippen molar-refractivity contribution in [2.24, 2.45) is 0 Å². The number of benzene rings is 1. The van der Waals surface area contributed by atoms with E-state index in [-0.39, 0.29) is 0 Å². The number of aryl methyl sites for hydroxylation is 1. The number of rotatable bonds is 1. The second-order valence-electron chi connectivity index (χ2n) is 3.49. The predicted molar refractivity (Wildman–Crippen MR) is 56.0 cm³/mol. The Kier molecular flexibility index (Phi) is 2.66. The topological polar surface area (TPSA) is 0 Å². The maximum Gasteiger partial charge on any atom is 0.114 e. The standard InChI is InChI=1S/C10H12B2/c1-6(2)8-5-9(11)7(3)4-10(8)12/h4-6H,1-3H3. The molecule has 0 aliphatic rings. The maximum atomic E-state index is 5.84. The van der Waals surface area contributed by atoms with Crippen LogP contribution < -0.4 is 10.9 Å². The summed E-state index contributed by atoms with van der Waals surface area (Å²) in [5.74, 6) is 0.438. The van der Waals surface area contributed by atoms with E-state index in [9.17, 15) is 0 Å². The van der Waals surface area contributed by atoms with Crippen LogP contribution in [0.15, 0.2) is 12.1 Å². The van der Waals surface area contributed by atoms with E-state index in [2.05, 4.69) is 13.8 Å². The van der Waals surface area contributed by atoms with E-state index >= 15 is 0 Å². The van der Waals surface area contributed by atoms with E-state index in [1.54, 1.807) is 0 Å². The van der Waals surface area contributed by atoms with Gasteiger partial charge in [-0.3, -0.25) is 0 Å². The molecule has 0 saturated carbocycles. The molecule has 1 aromatic carbocycles. The molecule has 0 bridgehead atoms. The molecule has 0 atom stereocenters. The first-order chi connectivity index (χ1) is 5.52. The molecule has 2 heteroatoms. The van der Waals surface area contributed by atoms with Crippen molar-refractivity contribution in [3.8, 4) is 0 Å². The monoisotopic (exact) mass is 154 g/mol. The SMILES string of the molecule is [B]c1cc(C(C)C)c([B])cc1C. The molecule has 0 spiro atoms. The molecular formula is C10H12B2. The molecule has 0 aromatic heterocycles. The smallest absolute Gasteiger partial charge is 0.0936 e. The summed E-state index contributed by atoms with van der Waals surface area (Å²) in [5, 5.41) is 0. The summed E-state index contributed by atoms with van der Waals surface area (Å²) < 4.78 is 0. The highest BCUT2D eigenvalue weighted by atomic mass is 14.1. The molecule has 1 aromatic rings. The fourth-order valence-electron chi connectivity index (χ4n) is 1.26. The van der Waals surface area contributed by atoms with Gasteiger partial charge in [0.1, 0.15) is 15.7 Å². The molecule has 0 aliphatic carbocycles. The maximum absolute atomic E-state index is 5.84. The van der Waals surface area contributed by atoms with Crippen molar-refractivity contribution in [1.82, 2.24) is 0 Å². The number of hydrogen-bond donors (Lipinski definition) is 0. The van der Waals surface area contributed by atoms with Gasteiger partial charge in [-0.05, 0) is 12.8 Å². The van der Waals surface area contributed by atoms with Gasteiger partial charge in [0.25, 0.3) is 0 Å². The van der Waals surface area contributed by atoms with Crippen LogP contribution in [-0.2, 0) is 0 Å². The molecule has 0 nitrogen and oxygen atoms in total. The van der Waals surface area contributed by atoms with E-state index < -0.39 is 0 Å². The van der Waals surface area contributed by atoms with E-state index in [4.69, 9.17) is 15.7 Å². The Morgan fingerprint density at radius 1 is 1.08 bits per heavy atom. The number of hydrogen-bond acceptors (Lipinski definition) is 0. The Morgan fingerprint density at radius 2 is 1.67 bits per heavy atom. The van der Waals surface area contributed by atoms with Crippen LogP contribution >= 0.6 is 0 Å². The van der Waals surface area contributed by atoms with E-state index in [0.717, 1.165) is 22.1 Å². The molecule has 0 heterocycles. The first-order valence-electron chi connectivity index (χ1n) is 4.18. The highest BCUT2D eigenvalue weighted by molar-refractivity contribution is 6.37. The summed E-state index contributed by atoms with van der Waals surface area (Å²) in [7, 11) is 11.6. The van der Waals surface area contributed by atoms with Crippen LogP contribution in [0.2, 0.25) is 0 Å². The minimum Gasteiger partial charge on any atom is -0.0936 e. The van der Waals surface area contributed by atoms with Crippen molar-refractivity contribution < 1.29 is 0 Å². The van der Waals surface area contributed by atoms with Crippen LogP contribution in [0.4, 0.5) is 0 Å². The van der Waals surface area contributed by atoms with Crippen molar-refractivity contribution in [2.75, 3.05) is 0 Å². The van der Waals surface area contributed by atoms with Gasteiger partial charge in [-0.15, -0.1) is 0 Å². The van der Waals surface area contributed by atoms with Crippen molar-refractivity contribution in [2.45, 2.75) is 26.7 Å². The van der Waals surface area contributed by atoms with Gasteiger partial charge in [0.2, 0.25) is 0 Å². The predicted octanol–water partition coefficient (Wildman–Crippen LogP) is 0.706. The normalized spacial score (nSPS) is 10.7. The van der Waals surface area contributed by atoms with Gasteiger partial charge in [0.15, 0.2) is 0 Å². The van der Waals surface area contributed by atoms with Gasteiger partial charge in [-0.25, -0.2) is 0 Å². The van der Waals surface area contributed by atoms with Crippen LogP contribution in [0, 0.1) is 6.92 Å². The summed E-state index contributed by atoms with van der Waals surface area (Å²) in [5.41, 5.74) is 3.86. The minimum absolute atomic E-state index is 0.438. The minimum atomic E-state index is 0.438. The zero-order chi connectivity index (χ0) is 9.30. The zero-order valence-electron chi connectivity index (χ0n) is 7.89. The summed E-state index contributed by atoms with van der Waals surface area (Å²) in [4.78, 5) is 0. The van der Waals surface area contributed by atoms with Gasteiger partial charge in [-0.2, -0.15) is 0 Å². The van der Waals surface area contributed by atoms with Gasteiger partial charge >= 0.3 is 0 Å². The van der Waals surface area contributed by atoms with Crippen LogP contribution in [0.5, 0.6) is 0 Å². The van der Waals surface area contributed by atoms with Crippen LogP contribution in [0.3, 0.4) is 0 Å². The average molecular weight is 154 g/mol. The first kappa shape index (κ1) is 9.44. The van der Waals surface area contributed by atoms with E-state index in [1.165, 1.54) is 0 Å². The van der Waals surface area contributed by atoms with Crippen molar-refractivity contribution in [1.29, 1.82) is 0 Å². The van der Waals surface area contributed by atoms with Crippen molar-refractivity contribution in [3.05, 3.63) is 23.3 Å². The Morgan fingerprint density at radius 3 is 2.17 bits per heavy atom. The van der Waals surface area contributed by atoms with Gasteiger partial charge in [0.05, 0.1) is 0 Å². The van der Waals surface area contributed by atoms with Crippen molar-refractivity contribution in [3.63, 3.8) is 0 Å². The Bertz CT molecular complexity index is 290. The fraction of sp³-hybridized carbons (Fsp3) is 0.400. The third-order valence-corrected chi connectivity index (χ3v) is 2.09. The molecule has 1 rings (SSSR count). The third kappa shape index (κ3) is 1.74. The van der Waals surface area contributed by atoms with E-state index in [1.807, 2.05) is 19.1 Å². The van der Waals surface area contributed by atoms with Gasteiger partial charge in [0, 0.05) is 0 Å². The lowest BCUT2D eigenvalue weighted by atomic mass is 9.79. The Hall–Kier alpha value is -0.650. The summed E-state index contributed by atoms with van der Waals surface area (Å²) >= 11 is 0. The largest absolute Gasteiger partial charge is 0.114 e. The summed E-state index contributed by atoms with van der Waals surface area (Å²) in [6.07, 6.45) is 0. The highest BCUT2D eigenvalue weighted by Gasteiger charge is 2.03. The van der Waals surface area contributed by atoms with Crippen molar-refractivity contribution >= 4 is 26.6 Å². The zero-order valence-corrected chi connectivity index (χ0v) is 7.89. The van der Waals surface area contributed by atoms with Gasteiger partial charge in [-0.1, -0.05) is 48.0 Å². The van der Waals surface area contributed by atoms with Crippen LogP contribution in [-0.4, -0.2) is 15.7 Å². The first-order valence-corrected chi connectivity index (χ1v) is 4.18. The molecule has 0 amide bonds. The summed E-state index contributed by atoms with van der Waals surface area (Å²) in [6, 6.07) is 3.90. The van der Waals surface area contributed by atoms with E-state index in [0.29, 0.717) is 5.92 Å². The highest BCUT2D eigenvalue weighted by Crippen LogP contribution is 2.10. The lowest BCUT2D eigenvalue weighted by Crippen LogP contribution is -2.20. The molecule has 0 saturated heterocycles. The molecule has 4 radical (unpaired) electrons. The van der Waals surface area contributed by atoms with Crippen LogP contribution in [0.25, 0.3) is 0 Å². The Labute approximate surface area is 77.2 Å². The van der Waals surface area contributed by atoms with Gasteiger partial charge < -0.3 is 0 Å². The Balaban J connectivity index is 3.23. The summed E-state index contributed by atoms with van der Waals surface area (Å²) in [6.45, 7) is 6.19. The fourth-order valence-corrected chi connectivity index (χ4v) is 1.26. The lowest BCUT2D eigenvalue weighted by molar-refractivity contribution is 0.874. The molecule has 0 fully saturated rings. The molecule has 0 N–H and O–H groups in total. The molecule has 58 valence electrons. The molecule has 12 heavy (non-hydrogen) atoms. The molecular weight excluding hydrogens is 142 g/mol. The third-order valence-electron chi connectivity index (χ3n) is 2.09. The van der Waals surface area contributed by atoms with Crippen LogP contribution in [0.1, 0.15) is 30.9 Å². The lowest BCUT2D eigenvalue weighted by Gasteiger charge is -2.13. The second kappa shape index (κ2) is 3.38.